The van der Waals surface area contributed by atoms with Gasteiger partial charge in [-0.25, -0.2) is 0 Å². The maximum absolute atomic E-state index is 11.9. The van der Waals surface area contributed by atoms with Crippen LogP contribution in [0.2, 0.25) is 0 Å². The average Bonchev–Trinajstić information content (AvgIpc) is 2.62. The van der Waals surface area contributed by atoms with E-state index in [-0.39, 0.29) is 5.91 Å². The average molecular weight is 326 g/mol. The number of anilines is 1. The summed E-state index contributed by atoms with van der Waals surface area (Å²) < 4.78 is 5.20. The highest BCUT2D eigenvalue weighted by molar-refractivity contribution is 5.76. The van der Waals surface area contributed by atoms with Crippen LogP contribution < -0.4 is 15.4 Å². The summed E-state index contributed by atoms with van der Waals surface area (Å²) in [4.78, 5) is 11.9. The van der Waals surface area contributed by atoms with Gasteiger partial charge in [0.05, 0.1) is 7.11 Å². The topological polar surface area (TPSA) is 50.4 Å². The molecule has 0 bridgehead atoms. The number of hydrogen-bond acceptors (Lipinski definition) is 3. The van der Waals surface area contributed by atoms with Gasteiger partial charge in [0.1, 0.15) is 5.75 Å². The lowest BCUT2D eigenvalue weighted by Crippen LogP contribution is -2.27. The molecule has 0 atom stereocenters. The van der Waals surface area contributed by atoms with Crippen LogP contribution in [0.5, 0.6) is 5.75 Å². The second-order valence-electron chi connectivity index (χ2n) is 5.68. The van der Waals surface area contributed by atoms with E-state index in [0.29, 0.717) is 19.5 Å². The van der Waals surface area contributed by atoms with Crippen molar-refractivity contribution in [1.82, 2.24) is 5.32 Å². The summed E-state index contributed by atoms with van der Waals surface area (Å²) in [6.45, 7) is 3.41. The fourth-order valence-electron chi connectivity index (χ4n) is 2.44. The molecule has 0 aromatic heterocycles. The van der Waals surface area contributed by atoms with Crippen molar-refractivity contribution in [3.05, 3.63) is 59.7 Å². The fraction of sp³-hybridized carbons (Fsp3) is 0.350. The number of nitrogens with one attached hydrogen (secondary N) is 2. The molecule has 0 spiro atoms. The van der Waals surface area contributed by atoms with Crippen LogP contribution >= 0.6 is 0 Å². The van der Waals surface area contributed by atoms with E-state index >= 15 is 0 Å². The molecule has 0 fully saturated rings. The molecule has 0 aliphatic heterocycles. The van der Waals surface area contributed by atoms with E-state index < -0.39 is 0 Å². The van der Waals surface area contributed by atoms with Gasteiger partial charge in [0.2, 0.25) is 5.91 Å². The van der Waals surface area contributed by atoms with Gasteiger partial charge in [0, 0.05) is 25.2 Å². The maximum Gasteiger partial charge on any atom is 0.221 e. The van der Waals surface area contributed by atoms with Crippen molar-refractivity contribution >= 4 is 11.6 Å². The Balaban J connectivity index is 1.64. The Morgan fingerprint density at radius 2 is 1.83 bits per heavy atom. The number of amides is 1. The van der Waals surface area contributed by atoms with E-state index in [1.54, 1.807) is 7.11 Å². The van der Waals surface area contributed by atoms with Crippen LogP contribution in [0.15, 0.2) is 48.5 Å². The summed E-state index contributed by atoms with van der Waals surface area (Å²) in [7, 11) is 1.66. The van der Waals surface area contributed by atoms with Crippen LogP contribution in [0, 0.1) is 0 Å². The normalized spacial score (nSPS) is 10.2. The van der Waals surface area contributed by atoms with Gasteiger partial charge in [-0.3, -0.25) is 4.79 Å². The molecule has 128 valence electrons. The lowest BCUT2D eigenvalue weighted by Gasteiger charge is -2.09. The monoisotopic (exact) mass is 326 g/mol. The predicted molar refractivity (Wildman–Crippen MR) is 98.6 cm³/mol. The van der Waals surface area contributed by atoms with Crippen LogP contribution in [0.4, 0.5) is 5.69 Å². The summed E-state index contributed by atoms with van der Waals surface area (Å²) in [5, 5.41) is 6.23. The van der Waals surface area contributed by atoms with Gasteiger partial charge in [-0.2, -0.15) is 0 Å². The molecule has 0 heterocycles. The molecule has 2 aromatic carbocycles. The Hall–Kier alpha value is -2.49. The first-order chi connectivity index (χ1) is 11.7. The van der Waals surface area contributed by atoms with E-state index in [9.17, 15) is 4.79 Å². The highest BCUT2D eigenvalue weighted by Gasteiger charge is 2.02. The number of aryl methyl sites for hydroxylation is 1. The molecule has 0 radical (unpaired) electrons. The molecule has 0 saturated carbocycles. The van der Waals surface area contributed by atoms with Crippen molar-refractivity contribution in [2.45, 2.75) is 26.2 Å². The first-order valence-corrected chi connectivity index (χ1v) is 8.43. The SMILES string of the molecule is CCc1ccc(NCCC(=O)NCCc2cccc(OC)c2)cc1. The molecule has 24 heavy (non-hydrogen) atoms. The Morgan fingerprint density at radius 1 is 1.04 bits per heavy atom. The van der Waals surface area contributed by atoms with E-state index in [1.807, 2.05) is 24.3 Å². The first kappa shape index (κ1) is 17.9. The van der Waals surface area contributed by atoms with Gasteiger partial charge < -0.3 is 15.4 Å². The number of carbonyl (C=O) groups is 1. The molecule has 4 nitrogen and oxygen atoms in total. The largest absolute Gasteiger partial charge is 0.497 e. The van der Waals surface area contributed by atoms with Crippen molar-refractivity contribution in [2.24, 2.45) is 0 Å². The van der Waals surface area contributed by atoms with E-state index in [1.165, 1.54) is 5.56 Å². The molecular formula is C20H26N2O2. The molecule has 0 aliphatic carbocycles. The van der Waals surface area contributed by atoms with Crippen molar-refractivity contribution in [2.75, 3.05) is 25.5 Å². The fourth-order valence-corrected chi connectivity index (χ4v) is 2.44. The van der Waals surface area contributed by atoms with Crippen LogP contribution in [0.1, 0.15) is 24.5 Å². The van der Waals surface area contributed by atoms with Crippen LogP contribution in [-0.2, 0) is 17.6 Å². The third-order valence-electron chi connectivity index (χ3n) is 3.91. The van der Waals surface area contributed by atoms with Gasteiger partial charge in [0.25, 0.3) is 0 Å². The van der Waals surface area contributed by atoms with Gasteiger partial charge in [-0.15, -0.1) is 0 Å². The molecular weight excluding hydrogens is 300 g/mol. The Bertz CT molecular complexity index is 638. The standard InChI is InChI=1S/C20H26N2O2/c1-3-16-7-9-18(10-8-16)21-14-12-20(23)22-13-11-17-5-4-6-19(15-17)24-2/h4-10,15,21H,3,11-14H2,1-2H3,(H,22,23). The zero-order chi connectivity index (χ0) is 17.2. The van der Waals surface area contributed by atoms with Crippen molar-refractivity contribution in [3.63, 3.8) is 0 Å². The van der Waals surface area contributed by atoms with Crippen LogP contribution in [0.25, 0.3) is 0 Å². The Kier molecular flexibility index (Phi) is 7.15. The summed E-state index contributed by atoms with van der Waals surface area (Å²) in [5.41, 5.74) is 3.52. The highest BCUT2D eigenvalue weighted by Crippen LogP contribution is 2.12. The molecule has 2 rings (SSSR count). The lowest BCUT2D eigenvalue weighted by atomic mass is 10.1. The summed E-state index contributed by atoms with van der Waals surface area (Å²) >= 11 is 0. The lowest BCUT2D eigenvalue weighted by molar-refractivity contribution is -0.120. The van der Waals surface area contributed by atoms with E-state index in [4.69, 9.17) is 4.74 Å². The van der Waals surface area contributed by atoms with Crippen molar-refractivity contribution < 1.29 is 9.53 Å². The zero-order valence-electron chi connectivity index (χ0n) is 14.5. The molecule has 0 aliphatic rings. The Morgan fingerprint density at radius 3 is 2.54 bits per heavy atom. The van der Waals surface area contributed by atoms with Gasteiger partial charge in [0.15, 0.2) is 0 Å². The minimum atomic E-state index is 0.0653. The number of rotatable bonds is 9. The van der Waals surface area contributed by atoms with Crippen molar-refractivity contribution in [3.8, 4) is 5.75 Å². The minimum Gasteiger partial charge on any atom is -0.497 e. The van der Waals surface area contributed by atoms with Crippen molar-refractivity contribution in [1.29, 1.82) is 0 Å². The molecule has 0 saturated heterocycles. The minimum absolute atomic E-state index is 0.0653. The van der Waals surface area contributed by atoms with Crippen LogP contribution in [0.3, 0.4) is 0 Å². The number of methoxy groups -OCH3 is 1. The maximum atomic E-state index is 11.9. The van der Waals surface area contributed by atoms with Gasteiger partial charge >= 0.3 is 0 Å². The summed E-state index contributed by atoms with van der Waals surface area (Å²) in [5.74, 6) is 0.910. The molecule has 4 heteroatoms. The molecule has 2 aromatic rings. The summed E-state index contributed by atoms with van der Waals surface area (Å²) in [6.07, 6.45) is 2.30. The molecule has 1 amide bonds. The zero-order valence-corrected chi connectivity index (χ0v) is 14.5. The van der Waals surface area contributed by atoms with Crippen LogP contribution in [-0.4, -0.2) is 26.1 Å². The quantitative estimate of drug-likeness (QED) is 0.742. The van der Waals surface area contributed by atoms with Gasteiger partial charge in [-0.05, 0) is 48.2 Å². The number of benzene rings is 2. The second-order valence-corrected chi connectivity index (χ2v) is 5.68. The summed E-state index contributed by atoms with van der Waals surface area (Å²) in [6, 6.07) is 16.2. The smallest absolute Gasteiger partial charge is 0.221 e. The predicted octanol–water partition coefficient (Wildman–Crippen LogP) is 3.42. The third kappa shape index (κ3) is 5.95. The Labute approximate surface area is 144 Å². The first-order valence-electron chi connectivity index (χ1n) is 8.43. The molecule has 0 unspecified atom stereocenters. The number of hydrogen-bond donors (Lipinski definition) is 2. The number of ether oxygens (including phenoxy) is 1. The molecule has 2 N–H and O–H groups in total. The van der Waals surface area contributed by atoms with E-state index in [0.717, 1.165) is 29.8 Å². The van der Waals surface area contributed by atoms with Gasteiger partial charge in [-0.1, -0.05) is 31.2 Å². The third-order valence-corrected chi connectivity index (χ3v) is 3.91. The van der Waals surface area contributed by atoms with E-state index in [2.05, 4.69) is 41.8 Å². The number of carbonyl (C=O) groups excluding carboxylic acids is 1. The second kappa shape index (κ2) is 9.60. The highest BCUT2D eigenvalue weighted by atomic mass is 16.5.